The molecule has 2 atom stereocenters. The van der Waals surface area contributed by atoms with Gasteiger partial charge >= 0.3 is 0 Å². The summed E-state index contributed by atoms with van der Waals surface area (Å²) in [6, 6.07) is 5.49. The number of rotatable bonds is 4. The molecule has 110 valence electrons. The third-order valence-electron chi connectivity index (χ3n) is 4.02. The monoisotopic (exact) mass is 295 g/mol. The molecule has 0 aliphatic carbocycles. The summed E-state index contributed by atoms with van der Waals surface area (Å²) >= 11 is 6.09. The number of likely N-dealkylation sites (tertiary alicyclic amines) is 1. The molecule has 1 aromatic carbocycles. The van der Waals surface area contributed by atoms with Crippen LogP contribution in [-0.2, 0) is 4.79 Å². The van der Waals surface area contributed by atoms with Gasteiger partial charge in [-0.3, -0.25) is 9.69 Å². The molecule has 0 spiro atoms. The van der Waals surface area contributed by atoms with E-state index >= 15 is 0 Å². The van der Waals surface area contributed by atoms with Crippen molar-refractivity contribution in [2.24, 2.45) is 0 Å². The molecular formula is C15H22ClN3O. The standard InChI is InChI=1S/C15H22ClN3O/c1-3-12-5-4-8-19(12)10(2)15(20)18-14-7-6-11(17)9-13(14)16/h6-7,9-10,12H,3-5,8,17H2,1-2H3,(H,18,20). The van der Waals surface area contributed by atoms with E-state index in [9.17, 15) is 4.79 Å². The fraction of sp³-hybridized carbons (Fsp3) is 0.533. The van der Waals surface area contributed by atoms with Gasteiger partial charge in [-0.25, -0.2) is 0 Å². The average molecular weight is 296 g/mol. The Morgan fingerprint density at radius 2 is 2.35 bits per heavy atom. The average Bonchev–Trinajstić information content (AvgIpc) is 2.89. The minimum absolute atomic E-state index is 0.0166. The zero-order valence-electron chi connectivity index (χ0n) is 12.0. The molecule has 1 aromatic rings. The SMILES string of the molecule is CCC1CCCN1C(C)C(=O)Nc1ccc(N)cc1Cl. The first kappa shape index (κ1) is 15.1. The van der Waals surface area contributed by atoms with Gasteiger partial charge in [0.15, 0.2) is 0 Å². The quantitative estimate of drug-likeness (QED) is 0.839. The van der Waals surface area contributed by atoms with Crippen molar-refractivity contribution < 1.29 is 4.79 Å². The van der Waals surface area contributed by atoms with Crippen molar-refractivity contribution in [1.82, 2.24) is 4.90 Å². The molecule has 0 bridgehead atoms. The van der Waals surface area contributed by atoms with Crippen molar-refractivity contribution in [3.63, 3.8) is 0 Å². The van der Waals surface area contributed by atoms with Crippen LogP contribution in [0.2, 0.25) is 5.02 Å². The van der Waals surface area contributed by atoms with Crippen molar-refractivity contribution in [2.75, 3.05) is 17.6 Å². The van der Waals surface area contributed by atoms with Gasteiger partial charge < -0.3 is 11.1 Å². The number of benzene rings is 1. The van der Waals surface area contributed by atoms with Crippen LogP contribution in [0.4, 0.5) is 11.4 Å². The second kappa shape index (κ2) is 6.46. The number of nitrogens with two attached hydrogens (primary N) is 1. The Labute approximate surface area is 125 Å². The fourth-order valence-electron chi connectivity index (χ4n) is 2.83. The maximum absolute atomic E-state index is 12.4. The lowest BCUT2D eigenvalue weighted by molar-refractivity contribution is -0.121. The molecule has 2 rings (SSSR count). The highest BCUT2D eigenvalue weighted by Gasteiger charge is 2.30. The summed E-state index contributed by atoms with van der Waals surface area (Å²) in [5.74, 6) is -0.0166. The zero-order valence-corrected chi connectivity index (χ0v) is 12.8. The van der Waals surface area contributed by atoms with Crippen LogP contribution in [-0.4, -0.2) is 29.4 Å². The second-order valence-electron chi connectivity index (χ2n) is 5.35. The van der Waals surface area contributed by atoms with Crippen LogP contribution >= 0.6 is 11.6 Å². The number of hydrogen-bond acceptors (Lipinski definition) is 3. The van der Waals surface area contributed by atoms with Gasteiger partial charge in [-0.1, -0.05) is 18.5 Å². The molecule has 4 nitrogen and oxygen atoms in total. The first-order valence-electron chi connectivity index (χ1n) is 7.14. The van der Waals surface area contributed by atoms with Gasteiger partial charge in [0.1, 0.15) is 0 Å². The molecule has 0 saturated carbocycles. The third kappa shape index (κ3) is 3.25. The molecule has 2 unspecified atom stereocenters. The third-order valence-corrected chi connectivity index (χ3v) is 4.33. The molecule has 5 heteroatoms. The molecule has 0 aromatic heterocycles. The normalized spacial score (nSPS) is 20.9. The predicted molar refractivity (Wildman–Crippen MR) is 84.0 cm³/mol. The molecule has 20 heavy (non-hydrogen) atoms. The van der Waals surface area contributed by atoms with Crippen molar-refractivity contribution in [3.05, 3.63) is 23.2 Å². The topological polar surface area (TPSA) is 58.4 Å². The van der Waals surface area contributed by atoms with E-state index < -0.39 is 0 Å². The first-order chi connectivity index (χ1) is 9.52. The number of hydrogen-bond donors (Lipinski definition) is 2. The van der Waals surface area contributed by atoms with Crippen molar-refractivity contribution in [2.45, 2.75) is 45.2 Å². The number of nitrogens with one attached hydrogen (secondary N) is 1. The van der Waals surface area contributed by atoms with Crippen LogP contribution in [0.25, 0.3) is 0 Å². The summed E-state index contributed by atoms with van der Waals surface area (Å²) in [5, 5.41) is 3.36. The number of amides is 1. The Kier molecular flexibility index (Phi) is 4.89. The molecule has 1 saturated heterocycles. The van der Waals surface area contributed by atoms with E-state index in [1.807, 2.05) is 6.92 Å². The highest BCUT2D eigenvalue weighted by molar-refractivity contribution is 6.34. The van der Waals surface area contributed by atoms with Gasteiger partial charge in [-0.05, 0) is 50.9 Å². The maximum Gasteiger partial charge on any atom is 0.241 e. The van der Waals surface area contributed by atoms with E-state index in [-0.39, 0.29) is 11.9 Å². The zero-order chi connectivity index (χ0) is 14.7. The summed E-state index contributed by atoms with van der Waals surface area (Å²) in [5.41, 5.74) is 6.85. The van der Waals surface area contributed by atoms with Crippen molar-refractivity contribution in [3.8, 4) is 0 Å². The van der Waals surface area contributed by atoms with Gasteiger partial charge in [0.2, 0.25) is 5.91 Å². The van der Waals surface area contributed by atoms with E-state index in [1.165, 1.54) is 12.8 Å². The van der Waals surface area contributed by atoms with E-state index in [4.69, 9.17) is 17.3 Å². The Balaban J connectivity index is 2.04. The molecule has 1 fully saturated rings. The second-order valence-corrected chi connectivity index (χ2v) is 5.75. The van der Waals surface area contributed by atoms with Gasteiger partial charge in [0.05, 0.1) is 16.8 Å². The van der Waals surface area contributed by atoms with E-state index in [2.05, 4.69) is 17.1 Å². The molecular weight excluding hydrogens is 274 g/mol. The molecule has 1 heterocycles. The Hall–Kier alpha value is -1.26. The Morgan fingerprint density at radius 1 is 1.60 bits per heavy atom. The van der Waals surface area contributed by atoms with Crippen LogP contribution in [0.5, 0.6) is 0 Å². The molecule has 1 amide bonds. The van der Waals surface area contributed by atoms with Gasteiger partial charge in [0, 0.05) is 11.7 Å². The minimum atomic E-state index is -0.143. The van der Waals surface area contributed by atoms with Crippen LogP contribution in [0.1, 0.15) is 33.1 Å². The lowest BCUT2D eigenvalue weighted by Gasteiger charge is -2.29. The largest absolute Gasteiger partial charge is 0.399 e. The Bertz CT molecular complexity index is 492. The van der Waals surface area contributed by atoms with E-state index in [1.54, 1.807) is 18.2 Å². The molecule has 3 N–H and O–H groups in total. The summed E-state index contributed by atoms with van der Waals surface area (Å²) in [6.45, 7) is 5.11. The minimum Gasteiger partial charge on any atom is -0.399 e. The fourth-order valence-corrected chi connectivity index (χ4v) is 3.06. The summed E-state index contributed by atoms with van der Waals surface area (Å²) < 4.78 is 0. The summed E-state index contributed by atoms with van der Waals surface area (Å²) in [4.78, 5) is 14.6. The first-order valence-corrected chi connectivity index (χ1v) is 7.52. The molecule has 1 aliphatic rings. The number of carbonyl (C=O) groups is 1. The van der Waals surface area contributed by atoms with Crippen LogP contribution in [0, 0.1) is 0 Å². The van der Waals surface area contributed by atoms with Gasteiger partial charge in [-0.2, -0.15) is 0 Å². The number of nitrogen functional groups attached to an aromatic ring is 1. The van der Waals surface area contributed by atoms with Crippen LogP contribution in [0.15, 0.2) is 18.2 Å². The predicted octanol–water partition coefficient (Wildman–Crippen LogP) is 3.12. The summed E-state index contributed by atoms with van der Waals surface area (Å²) in [6.07, 6.45) is 3.43. The highest BCUT2D eigenvalue weighted by Crippen LogP contribution is 2.26. The lowest BCUT2D eigenvalue weighted by Crippen LogP contribution is -2.44. The number of halogens is 1. The number of nitrogens with zero attached hydrogens (tertiary/aromatic N) is 1. The smallest absolute Gasteiger partial charge is 0.241 e. The molecule has 0 radical (unpaired) electrons. The van der Waals surface area contributed by atoms with Crippen LogP contribution in [0.3, 0.4) is 0 Å². The van der Waals surface area contributed by atoms with Crippen LogP contribution < -0.4 is 11.1 Å². The highest BCUT2D eigenvalue weighted by atomic mass is 35.5. The van der Waals surface area contributed by atoms with Gasteiger partial charge in [-0.15, -0.1) is 0 Å². The van der Waals surface area contributed by atoms with E-state index in [0.29, 0.717) is 22.4 Å². The van der Waals surface area contributed by atoms with Gasteiger partial charge in [0.25, 0.3) is 0 Å². The summed E-state index contributed by atoms with van der Waals surface area (Å²) in [7, 11) is 0. The number of anilines is 2. The van der Waals surface area contributed by atoms with Crippen molar-refractivity contribution >= 4 is 28.9 Å². The number of carbonyl (C=O) groups excluding carboxylic acids is 1. The maximum atomic E-state index is 12.4. The Morgan fingerprint density at radius 3 is 3.00 bits per heavy atom. The lowest BCUT2D eigenvalue weighted by atomic mass is 10.1. The molecule has 1 aliphatic heterocycles. The van der Waals surface area contributed by atoms with Crippen molar-refractivity contribution in [1.29, 1.82) is 0 Å². The van der Waals surface area contributed by atoms with E-state index in [0.717, 1.165) is 13.0 Å².